The lowest BCUT2D eigenvalue weighted by Crippen LogP contribution is -2.30. The van der Waals surface area contributed by atoms with Gasteiger partial charge in [-0.25, -0.2) is 4.79 Å². The van der Waals surface area contributed by atoms with E-state index in [2.05, 4.69) is 31.0 Å². The number of benzene rings is 1. The van der Waals surface area contributed by atoms with Crippen molar-refractivity contribution < 1.29 is 18.5 Å². The third kappa shape index (κ3) is 4.63. The molecule has 0 spiro atoms. The summed E-state index contributed by atoms with van der Waals surface area (Å²) in [5.74, 6) is 1.85. The quantitative estimate of drug-likeness (QED) is 0.656. The molecule has 2 aromatic heterocycles. The maximum atomic E-state index is 11.9. The number of aryl methyl sites for hydroxylation is 1. The average Bonchev–Trinajstić information content (AvgIpc) is 3.25. The lowest BCUT2D eigenvalue weighted by molar-refractivity contribution is 0.174. The number of carbonyl (C=O) groups excluding carboxylic acids is 1. The van der Waals surface area contributed by atoms with E-state index in [1.54, 1.807) is 38.3 Å². The van der Waals surface area contributed by atoms with E-state index < -0.39 is 0 Å². The predicted molar refractivity (Wildman–Crippen MR) is 90.2 cm³/mol. The van der Waals surface area contributed by atoms with E-state index in [4.69, 9.17) is 13.7 Å². The number of carbonyl (C=O) groups is 1. The molecule has 136 valence electrons. The molecule has 2 N–H and O–H groups in total. The molecule has 0 saturated heterocycles. The molecule has 0 aliphatic heterocycles. The third-order valence-electron chi connectivity index (χ3n) is 3.32. The molecule has 0 fully saturated rings. The van der Waals surface area contributed by atoms with Crippen molar-refractivity contribution in [3.63, 3.8) is 0 Å². The smallest absolute Gasteiger partial charge is 0.319 e. The van der Waals surface area contributed by atoms with Crippen molar-refractivity contribution >= 4 is 11.7 Å². The van der Waals surface area contributed by atoms with Gasteiger partial charge in [-0.15, -0.1) is 10.2 Å². The van der Waals surface area contributed by atoms with E-state index in [0.717, 1.165) is 5.56 Å². The summed E-state index contributed by atoms with van der Waals surface area (Å²) < 4.78 is 15.3. The summed E-state index contributed by atoms with van der Waals surface area (Å²) in [7, 11) is 1.55. The number of methoxy groups -OCH3 is 1. The number of anilines is 1. The molecule has 2 heterocycles. The number of ether oxygens (including phenoxy) is 1. The van der Waals surface area contributed by atoms with Gasteiger partial charge in [0.05, 0.1) is 0 Å². The zero-order chi connectivity index (χ0) is 18.4. The van der Waals surface area contributed by atoms with Crippen LogP contribution in [-0.2, 0) is 17.8 Å². The molecule has 0 aliphatic carbocycles. The van der Waals surface area contributed by atoms with Crippen LogP contribution in [0.1, 0.15) is 17.6 Å². The van der Waals surface area contributed by atoms with Crippen molar-refractivity contribution in [1.82, 2.24) is 25.7 Å². The van der Waals surface area contributed by atoms with E-state index in [-0.39, 0.29) is 12.6 Å². The Morgan fingerprint density at radius 3 is 2.73 bits per heavy atom. The Morgan fingerprint density at radius 2 is 2.04 bits per heavy atom. The first-order valence-electron chi connectivity index (χ1n) is 7.90. The lowest BCUT2D eigenvalue weighted by atomic mass is 10.2. The highest BCUT2D eigenvalue weighted by Crippen LogP contribution is 2.19. The average molecular weight is 358 g/mol. The van der Waals surface area contributed by atoms with Gasteiger partial charge in [-0.2, -0.15) is 4.98 Å². The van der Waals surface area contributed by atoms with Crippen LogP contribution in [0.2, 0.25) is 0 Å². The number of urea groups is 1. The van der Waals surface area contributed by atoms with Crippen LogP contribution < -0.4 is 10.6 Å². The highest BCUT2D eigenvalue weighted by molar-refractivity contribution is 5.89. The van der Waals surface area contributed by atoms with Crippen LogP contribution in [0.3, 0.4) is 0 Å². The minimum atomic E-state index is -0.331. The van der Waals surface area contributed by atoms with Gasteiger partial charge in [-0.1, -0.05) is 5.16 Å². The van der Waals surface area contributed by atoms with Gasteiger partial charge < -0.3 is 24.3 Å². The van der Waals surface area contributed by atoms with Gasteiger partial charge in [-0.05, 0) is 24.3 Å². The van der Waals surface area contributed by atoms with Gasteiger partial charge in [0.15, 0.2) is 5.82 Å². The highest BCUT2D eigenvalue weighted by atomic mass is 16.5. The van der Waals surface area contributed by atoms with E-state index in [1.807, 2.05) is 0 Å². The van der Waals surface area contributed by atoms with Crippen molar-refractivity contribution in [3.8, 4) is 11.5 Å². The van der Waals surface area contributed by atoms with E-state index in [0.29, 0.717) is 42.1 Å². The normalized spacial score (nSPS) is 10.7. The summed E-state index contributed by atoms with van der Waals surface area (Å²) in [5.41, 5.74) is 1.42. The molecule has 0 saturated carbocycles. The fourth-order valence-electron chi connectivity index (χ4n) is 2.15. The maximum absolute atomic E-state index is 11.9. The fraction of sp³-hybridized carbons (Fsp3) is 0.312. The Hall–Kier alpha value is -3.27. The molecule has 3 rings (SSSR count). The Balaban J connectivity index is 1.45. The summed E-state index contributed by atoms with van der Waals surface area (Å²) in [5, 5.41) is 16.9. The van der Waals surface area contributed by atoms with Crippen LogP contribution in [0.4, 0.5) is 10.5 Å². The number of nitrogens with one attached hydrogen (secondary N) is 2. The van der Waals surface area contributed by atoms with Crippen LogP contribution in [0.25, 0.3) is 11.5 Å². The summed E-state index contributed by atoms with van der Waals surface area (Å²) in [6, 6.07) is 6.76. The first-order valence-corrected chi connectivity index (χ1v) is 7.90. The summed E-state index contributed by atoms with van der Waals surface area (Å²) in [4.78, 5) is 16.0. The number of hydrogen-bond acceptors (Lipinski definition) is 8. The van der Waals surface area contributed by atoms with E-state index in [9.17, 15) is 4.79 Å². The minimum Gasteiger partial charge on any atom is -0.421 e. The van der Waals surface area contributed by atoms with Crippen molar-refractivity contribution in [1.29, 1.82) is 0 Å². The second kappa shape index (κ2) is 8.21. The molecule has 26 heavy (non-hydrogen) atoms. The second-order valence-electron chi connectivity index (χ2n) is 5.37. The van der Waals surface area contributed by atoms with E-state index in [1.165, 1.54) is 0 Å². The topological polar surface area (TPSA) is 128 Å². The number of aromatic nitrogens is 4. The zero-order valence-corrected chi connectivity index (χ0v) is 14.4. The van der Waals surface area contributed by atoms with Crippen molar-refractivity contribution in [2.45, 2.75) is 20.0 Å². The molecule has 1 aromatic carbocycles. The minimum absolute atomic E-state index is 0.288. The molecule has 0 bridgehead atoms. The Morgan fingerprint density at radius 1 is 1.23 bits per heavy atom. The molecule has 0 atom stereocenters. The third-order valence-corrected chi connectivity index (χ3v) is 3.32. The molecule has 3 aromatic rings. The molecular formula is C16H18N6O4. The molecule has 10 heteroatoms. The monoisotopic (exact) mass is 358 g/mol. The molecule has 0 aliphatic rings. The van der Waals surface area contributed by atoms with Gasteiger partial charge >= 0.3 is 6.03 Å². The SMILES string of the molecule is COCc1noc(CCNC(=O)Nc2ccc(-c3nnc(C)o3)cc2)n1. The van der Waals surface area contributed by atoms with E-state index >= 15 is 0 Å². The molecular weight excluding hydrogens is 340 g/mol. The highest BCUT2D eigenvalue weighted by Gasteiger charge is 2.08. The first kappa shape index (κ1) is 17.5. The van der Waals surface area contributed by atoms with Crippen molar-refractivity contribution in [2.24, 2.45) is 0 Å². The Kier molecular flexibility index (Phi) is 5.54. The Labute approximate surface area is 148 Å². The van der Waals surface area contributed by atoms with Gasteiger partial charge in [0.2, 0.25) is 17.7 Å². The number of hydrogen-bond donors (Lipinski definition) is 2. The van der Waals surface area contributed by atoms with Crippen LogP contribution in [-0.4, -0.2) is 40.0 Å². The van der Waals surface area contributed by atoms with Crippen molar-refractivity contribution in [2.75, 3.05) is 19.0 Å². The summed E-state index contributed by atoms with van der Waals surface area (Å²) >= 11 is 0. The molecule has 10 nitrogen and oxygen atoms in total. The van der Waals surface area contributed by atoms with Crippen LogP contribution >= 0.6 is 0 Å². The van der Waals surface area contributed by atoms with Crippen LogP contribution in [0.15, 0.2) is 33.2 Å². The van der Waals surface area contributed by atoms with Crippen molar-refractivity contribution in [3.05, 3.63) is 41.9 Å². The lowest BCUT2D eigenvalue weighted by Gasteiger charge is -2.06. The molecule has 0 unspecified atom stereocenters. The zero-order valence-electron chi connectivity index (χ0n) is 14.4. The van der Waals surface area contributed by atoms with Gasteiger partial charge in [-0.3, -0.25) is 0 Å². The first-order chi connectivity index (χ1) is 12.6. The van der Waals surface area contributed by atoms with Gasteiger partial charge in [0, 0.05) is 38.2 Å². The Bertz CT molecular complexity index is 858. The van der Waals surface area contributed by atoms with Gasteiger partial charge in [0.25, 0.3) is 0 Å². The number of amides is 2. The standard InChI is InChI=1S/C16H18N6O4/c1-10-20-21-15(25-10)11-3-5-12(6-4-11)18-16(23)17-8-7-14-19-13(9-24-2)22-26-14/h3-6H,7-9H2,1-2H3,(H2,17,18,23). The predicted octanol–water partition coefficient (Wildman–Crippen LogP) is 1.94. The van der Waals surface area contributed by atoms with Crippen LogP contribution in [0.5, 0.6) is 0 Å². The second-order valence-corrected chi connectivity index (χ2v) is 5.37. The summed E-state index contributed by atoms with van der Waals surface area (Å²) in [6.45, 7) is 2.37. The summed E-state index contributed by atoms with van der Waals surface area (Å²) in [6.07, 6.45) is 0.430. The van der Waals surface area contributed by atoms with Crippen LogP contribution in [0, 0.1) is 6.92 Å². The number of rotatable bonds is 7. The maximum Gasteiger partial charge on any atom is 0.319 e. The fourth-order valence-corrected chi connectivity index (χ4v) is 2.15. The molecule has 0 radical (unpaired) electrons. The molecule has 2 amide bonds. The number of nitrogens with zero attached hydrogens (tertiary/aromatic N) is 4. The largest absolute Gasteiger partial charge is 0.421 e. The van der Waals surface area contributed by atoms with Gasteiger partial charge in [0.1, 0.15) is 6.61 Å².